The lowest BCUT2D eigenvalue weighted by Crippen LogP contribution is -2.42. The fourth-order valence-electron chi connectivity index (χ4n) is 4.93. The van der Waals surface area contributed by atoms with Crippen LogP contribution in [0.4, 0.5) is 0 Å². The highest BCUT2D eigenvalue weighted by Gasteiger charge is 2.33. The molecule has 0 spiro atoms. The Morgan fingerprint density at radius 1 is 1.14 bits per heavy atom. The lowest BCUT2D eigenvalue weighted by Gasteiger charge is -2.34. The van der Waals surface area contributed by atoms with E-state index in [1.165, 1.54) is 23.2 Å². The molecule has 1 unspecified atom stereocenters. The fourth-order valence-corrected chi connectivity index (χ4v) is 6.42. The van der Waals surface area contributed by atoms with Crippen molar-refractivity contribution in [2.45, 2.75) is 57.5 Å². The Morgan fingerprint density at radius 3 is 2.46 bits per heavy atom. The van der Waals surface area contributed by atoms with Gasteiger partial charge in [0.05, 0.1) is 24.2 Å². The topological polar surface area (TPSA) is 88.7 Å². The number of amides is 1. The van der Waals surface area contributed by atoms with Gasteiger partial charge in [0.25, 0.3) is 0 Å². The maximum Gasteiger partial charge on any atom is 0.247 e. The van der Waals surface area contributed by atoms with Crippen molar-refractivity contribution < 1.29 is 17.6 Å². The number of benzene rings is 1. The number of aromatic nitrogens is 2. The zero-order valence-corrected chi connectivity index (χ0v) is 21.7. The number of nitrogens with zero attached hydrogens (tertiary/aromatic N) is 4. The predicted molar refractivity (Wildman–Crippen MR) is 133 cm³/mol. The highest BCUT2D eigenvalue weighted by molar-refractivity contribution is 7.89. The molecule has 1 aliphatic heterocycles. The number of carbonyl (C=O) groups excluding carboxylic acids is 1. The van der Waals surface area contributed by atoms with Crippen molar-refractivity contribution in [2.24, 2.45) is 5.92 Å². The molecule has 35 heavy (non-hydrogen) atoms. The molecule has 0 aliphatic carbocycles. The summed E-state index contributed by atoms with van der Waals surface area (Å²) in [7, 11) is -2.30. The Hall–Kier alpha value is -2.91. The van der Waals surface area contributed by atoms with Gasteiger partial charge in [-0.2, -0.15) is 9.40 Å². The number of likely N-dealkylation sites (tertiary alicyclic amines) is 1. The summed E-state index contributed by atoms with van der Waals surface area (Å²) < 4.78 is 34.8. The van der Waals surface area contributed by atoms with Crippen LogP contribution in [-0.2, 0) is 27.8 Å². The van der Waals surface area contributed by atoms with E-state index in [4.69, 9.17) is 4.42 Å². The van der Waals surface area contributed by atoms with Crippen LogP contribution in [0.5, 0.6) is 0 Å². The van der Waals surface area contributed by atoms with Crippen LogP contribution in [0.2, 0.25) is 0 Å². The minimum absolute atomic E-state index is 0.0263. The smallest absolute Gasteiger partial charge is 0.247 e. The second kappa shape index (κ2) is 10.4. The van der Waals surface area contributed by atoms with Crippen LogP contribution in [-0.4, -0.2) is 53.4 Å². The summed E-state index contributed by atoms with van der Waals surface area (Å²) in [4.78, 5) is 15.4. The summed E-state index contributed by atoms with van der Waals surface area (Å²) in [6.07, 6.45) is 4.47. The molecule has 2 aromatic heterocycles. The van der Waals surface area contributed by atoms with Crippen LogP contribution in [0.15, 0.2) is 58.0 Å². The third-order valence-electron chi connectivity index (χ3n) is 6.90. The monoisotopic (exact) mass is 498 g/mol. The first kappa shape index (κ1) is 25.2. The Balaban J connectivity index is 1.44. The van der Waals surface area contributed by atoms with E-state index in [-0.39, 0.29) is 17.3 Å². The number of hydrogen-bond donors (Lipinski definition) is 0. The second-order valence-electron chi connectivity index (χ2n) is 9.42. The Kier molecular flexibility index (Phi) is 7.47. The predicted octanol–water partition coefficient (Wildman–Crippen LogP) is 3.96. The maximum atomic E-state index is 13.3. The van der Waals surface area contributed by atoms with Gasteiger partial charge in [-0.1, -0.05) is 30.3 Å². The normalized spacial score (nSPS) is 16.1. The van der Waals surface area contributed by atoms with Crippen molar-refractivity contribution in [3.05, 3.63) is 71.4 Å². The lowest BCUT2D eigenvalue weighted by atomic mass is 9.90. The third-order valence-corrected chi connectivity index (χ3v) is 8.96. The van der Waals surface area contributed by atoms with Crippen LogP contribution in [0.3, 0.4) is 0 Å². The van der Waals surface area contributed by atoms with Crippen molar-refractivity contribution in [3.8, 4) is 0 Å². The molecule has 9 heteroatoms. The lowest BCUT2D eigenvalue weighted by molar-refractivity contribution is -0.136. The van der Waals surface area contributed by atoms with Crippen LogP contribution < -0.4 is 0 Å². The number of sulfonamides is 1. The molecule has 8 nitrogen and oxygen atoms in total. The number of rotatable bonds is 8. The van der Waals surface area contributed by atoms with Crippen LogP contribution in [0.25, 0.3) is 0 Å². The van der Waals surface area contributed by atoms with Gasteiger partial charge in [0.1, 0.15) is 16.7 Å². The number of hydrogen-bond acceptors (Lipinski definition) is 5. The van der Waals surface area contributed by atoms with Gasteiger partial charge in [0.2, 0.25) is 15.9 Å². The van der Waals surface area contributed by atoms with Crippen LogP contribution in [0, 0.1) is 19.8 Å². The molecule has 3 aromatic rings. The molecule has 0 bridgehead atoms. The maximum absolute atomic E-state index is 13.3. The molecule has 188 valence electrons. The van der Waals surface area contributed by atoms with Crippen molar-refractivity contribution in [3.63, 3.8) is 0 Å². The molecule has 1 atom stereocenters. The standard InChI is InChI=1S/C26H34N4O4S/c1-19-25(35(32,33)28(4)18-24-11-8-16-34-24)20(2)30(27-19)21(3)26(31)29-14-12-23(13-15-29)17-22-9-6-5-7-10-22/h5-11,16,21,23H,12-15,17-18H2,1-4H3. The van der Waals surface area contributed by atoms with Gasteiger partial charge in [-0.05, 0) is 63.6 Å². The highest BCUT2D eigenvalue weighted by atomic mass is 32.2. The average Bonchev–Trinajstić information content (AvgIpc) is 3.46. The SMILES string of the molecule is Cc1nn(C(C)C(=O)N2CCC(Cc3ccccc3)CC2)c(C)c1S(=O)(=O)N(C)Cc1ccco1. The minimum Gasteiger partial charge on any atom is -0.468 e. The van der Waals surface area contributed by atoms with E-state index in [0.717, 1.165) is 19.3 Å². The van der Waals surface area contributed by atoms with E-state index in [2.05, 4.69) is 29.4 Å². The number of furan rings is 1. The molecular formula is C26H34N4O4S. The summed E-state index contributed by atoms with van der Waals surface area (Å²) in [5.74, 6) is 1.09. The molecule has 1 fully saturated rings. The molecule has 4 rings (SSSR count). The van der Waals surface area contributed by atoms with Gasteiger partial charge in [0.15, 0.2) is 0 Å². The summed E-state index contributed by atoms with van der Waals surface area (Å²) in [6.45, 7) is 6.70. The van der Waals surface area contributed by atoms with E-state index in [1.807, 2.05) is 11.0 Å². The molecule has 1 aromatic carbocycles. The van der Waals surface area contributed by atoms with E-state index in [1.54, 1.807) is 37.6 Å². The quantitative estimate of drug-likeness (QED) is 0.469. The van der Waals surface area contributed by atoms with E-state index in [9.17, 15) is 13.2 Å². The summed E-state index contributed by atoms with van der Waals surface area (Å²) in [5.41, 5.74) is 2.18. The molecule has 0 radical (unpaired) electrons. The fraction of sp³-hybridized carbons (Fsp3) is 0.462. The molecule has 3 heterocycles. The molecule has 0 saturated carbocycles. The van der Waals surface area contributed by atoms with Gasteiger partial charge >= 0.3 is 0 Å². The zero-order valence-electron chi connectivity index (χ0n) is 20.8. The second-order valence-corrected chi connectivity index (χ2v) is 11.4. The average molecular weight is 499 g/mol. The number of aryl methyl sites for hydroxylation is 1. The molecule has 1 aliphatic rings. The Bertz CT molecular complexity index is 1240. The first-order valence-electron chi connectivity index (χ1n) is 12.1. The molecule has 1 amide bonds. The van der Waals surface area contributed by atoms with Gasteiger partial charge < -0.3 is 9.32 Å². The van der Waals surface area contributed by atoms with Crippen LogP contribution >= 0.6 is 0 Å². The largest absolute Gasteiger partial charge is 0.468 e. The van der Waals surface area contributed by atoms with Gasteiger partial charge in [-0.15, -0.1) is 0 Å². The molecule has 0 N–H and O–H groups in total. The van der Waals surface area contributed by atoms with E-state index >= 15 is 0 Å². The van der Waals surface area contributed by atoms with Gasteiger partial charge in [0, 0.05) is 20.1 Å². The Labute approximate surface area is 207 Å². The van der Waals surface area contributed by atoms with E-state index in [0.29, 0.717) is 36.2 Å². The first-order valence-corrected chi connectivity index (χ1v) is 13.5. The third kappa shape index (κ3) is 5.36. The number of carbonyl (C=O) groups is 1. The highest BCUT2D eigenvalue weighted by Crippen LogP contribution is 2.28. The van der Waals surface area contributed by atoms with E-state index < -0.39 is 16.1 Å². The minimum atomic E-state index is -3.81. The summed E-state index contributed by atoms with van der Waals surface area (Å²) >= 11 is 0. The zero-order chi connectivity index (χ0) is 25.2. The first-order chi connectivity index (χ1) is 16.7. The van der Waals surface area contributed by atoms with Crippen molar-refractivity contribution in [2.75, 3.05) is 20.1 Å². The van der Waals surface area contributed by atoms with Gasteiger partial charge in [-0.25, -0.2) is 8.42 Å². The molecular weight excluding hydrogens is 464 g/mol. The summed E-state index contributed by atoms with van der Waals surface area (Å²) in [5, 5.41) is 4.48. The molecule has 1 saturated heterocycles. The number of piperidine rings is 1. The summed E-state index contributed by atoms with van der Waals surface area (Å²) in [6, 6.07) is 13.3. The van der Waals surface area contributed by atoms with Gasteiger partial charge in [-0.3, -0.25) is 9.48 Å². The van der Waals surface area contributed by atoms with Crippen molar-refractivity contribution >= 4 is 15.9 Å². The van der Waals surface area contributed by atoms with Crippen molar-refractivity contribution in [1.29, 1.82) is 0 Å². The van der Waals surface area contributed by atoms with Crippen LogP contribution in [0.1, 0.15) is 48.5 Å². The van der Waals surface area contributed by atoms with Crippen molar-refractivity contribution in [1.82, 2.24) is 19.0 Å². The Morgan fingerprint density at radius 2 is 1.83 bits per heavy atom.